The number of fused-ring (bicyclic) bond motifs is 5. The van der Waals surface area contributed by atoms with Crippen LogP contribution in [0.1, 0.15) is 76.8 Å². The Kier molecular flexibility index (Phi) is 4.16. The van der Waals surface area contributed by atoms with E-state index in [1.165, 1.54) is 38.3 Å². The lowest BCUT2D eigenvalue weighted by atomic mass is 9.46. The maximum atomic E-state index is 13.4. The molecule has 5 rings (SSSR count). The minimum Gasteiger partial charge on any atom is -0.342 e. The third-order valence-electron chi connectivity index (χ3n) is 9.66. The van der Waals surface area contributed by atoms with Gasteiger partial charge in [0, 0.05) is 31.1 Å². The van der Waals surface area contributed by atoms with E-state index in [0.29, 0.717) is 17.9 Å². The van der Waals surface area contributed by atoms with Gasteiger partial charge in [-0.3, -0.25) is 9.78 Å². The van der Waals surface area contributed by atoms with E-state index in [1.807, 2.05) is 13.1 Å². The Morgan fingerprint density at radius 3 is 2.57 bits per heavy atom. The van der Waals surface area contributed by atoms with Crippen molar-refractivity contribution in [2.45, 2.75) is 77.2 Å². The van der Waals surface area contributed by atoms with E-state index in [-0.39, 0.29) is 16.6 Å². The van der Waals surface area contributed by atoms with Gasteiger partial charge in [0.2, 0.25) is 5.91 Å². The molecule has 4 aliphatic rings. The van der Waals surface area contributed by atoms with Crippen LogP contribution in [-0.4, -0.2) is 28.9 Å². The number of amides is 1. The van der Waals surface area contributed by atoms with Gasteiger partial charge in [0.05, 0.1) is 6.20 Å². The van der Waals surface area contributed by atoms with Crippen molar-refractivity contribution in [2.24, 2.45) is 28.6 Å². The molecular formula is C24H33FN2O. The van der Waals surface area contributed by atoms with Crippen LogP contribution < -0.4 is 0 Å². The number of carbonyl (C=O) groups is 1. The zero-order valence-electron chi connectivity index (χ0n) is 17.5. The van der Waals surface area contributed by atoms with Crippen LogP contribution in [0, 0.1) is 34.4 Å². The summed E-state index contributed by atoms with van der Waals surface area (Å²) in [5, 5.41) is 0. The van der Waals surface area contributed by atoms with Crippen molar-refractivity contribution in [1.82, 2.24) is 9.88 Å². The maximum absolute atomic E-state index is 13.4. The van der Waals surface area contributed by atoms with Gasteiger partial charge >= 0.3 is 0 Å². The number of piperidine rings is 1. The standard InChI is InChI=1S/C24H33FN2O/c1-23-12-10-18-16(5-9-21-24(18,2)13-11-22(28)27(21)3)17(23)6-7-19(23)20-8-4-15(25)14-26-20/h4,8,14,16-19,21H,5-7,9-13H2,1-3H3/t16-,17-,18+,19?,21?,23-,24+/m0/s1. The average molecular weight is 385 g/mol. The first-order valence-electron chi connectivity index (χ1n) is 11.2. The van der Waals surface area contributed by atoms with E-state index in [9.17, 15) is 9.18 Å². The summed E-state index contributed by atoms with van der Waals surface area (Å²) in [7, 11) is 2.03. The highest BCUT2D eigenvalue weighted by molar-refractivity contribution is 5.77. The highest BCUT2D eigenvalue weighted by atomic mass is 19.1. The molecule has 0 aromatic carbocycles. The molecular weight excluding hydrogens is 351 g/mol. The third kappa shape index (κ3) is 2.45. The second kappa shape index (κ2) is 6.27. The Morgan fingerprint density at radius 1 is 1.04 bits per heavy atom. The lowest BCUT2D eigenvalue weighted by Crippen LogP contribution is -2.61. The van der Waals surface area contributed by atoms with Crippen LogP contribution in [0.3, 0.4) is 0 Å². The molecule has 2 unspecified atom stereocenters. The van der Waals surface area contributed by atoms with E-state index >= 15 is 0 Å². The number of carbonyl (C=O) groups excluding carboxylic acids is 1. The molecule has 0 spiro atoms. The molecule has 1 aromatic heterocycles. The monoisotopic (exact) mass is 384 g/mol. The Balaban J connectivity index is 1.44. The first kappa shape index (κ1) is 18.6. The van der Waals surface area contributed by atoms with Crippen LogP contribution in [0.4, 0.5) is 4.39 Å². The molecule has 7 atom stereocenters. The van der Waals surface area contributed by atoms with E-state index in [4.69, 9.17) is 0 Å². The fourth-order valence-electron chi connectivity index (χ4n) is 8.23. The number of halogens is 1. The number of rotatable bonds is 1. The molecule has 0 radical (unpaired) electrons. The molecule has 152 valence electrons. The van der Waals surface area contributed by atoms with Gasteiger partial charge in [-0.1, -0.05) is 13.8 Å². The molecule has 1 aliphatic heterocycles. The molecule has 0 bridgehead atoms. The molecule has 28 heavy (non-hydrogen) atoms. The molecule has 3 aliphatic carbocycles. The van der Waals surface area contributed by atoms with Gasteiger partial charge in [0.15, 0.2) is 0 Å². The first-order chi connectivity index (χ1) is 13.3. The van der Waals surface area contributed by atoms with Gasteiger partial charge in [-0.25, -0.2) is 4.39 Å². The molecule has 1 aromatic rings. The van der Waals surface area contributed by atoms with E-state index < -0.39 is 0 Å². The Morgan fingerprint density at radius 2 is 1.82 bits per heavy atom. The molecule has 1 saturated heterocycles. The van der Waals surface area contributed by atoms with Crippen molar-refractivity contribution in [3.63, 3.8) is 0 Å². The quantitative estimate of drug-likeness (QED) is 0.669. The Labute approximate surface area is 168 Å². The van der Waals surface area contributed by atoms with Gasteiger partial charge in [-0.2, -0.15) is 0 Å². The van der Waals surface area contributed by atoms with Crippen molar-refractivity contribution in [1.29, 1.82) is 0 Å². The second-order valence-corrected chi connectivity index (χ2v) is 10.6. The number of aromatic nitrogens is 1. The minimum atomic E-state index is -0.241. The van der Waals surface area contributed by atoms with Crippen molar-refractivity contribution in [2.75, 3.05) is 7.05 Å². The van der Waals surface area contributed by atoms with Crippen LogP contribution in [0.2, 0.25) is 0 Å². The van der Waals surface area contributed by atoms with E-state index in [2.05, 4.69) is 23.7 Å². The summed E-state index contributed by atoms with van der Waals surface area (Å²) in [4.78, 5) is 18.9. The van der Waals surface area contributed by atoms with Gasteiger partial charge in [0.25, 0.3) is 0 Å². The lowest BCUT2D eigenvalue weighted by molar-refractivity contribution is -0.157. The summed E-state index contributed by atoms with van der Waals surface area (Å²) in [5.41, 5.74) is 1.65. The van der Waals surface area contributed by atoms with Crippen LogP contribution in [0.25, 0.3) is 0 Å². The summed E-state index contributed by atoms with van der Waals surface area (Å²) in [6.45, 7) is 4.97. The summed E-state index contributed by atoms with van der Waals surface area (Å²) >= 11 is 0. The predicted octanol–water partition coefficient (Wildman–Crippen LogP) is 5.17. The number of likely N-dealkylation sites (tertiary alicyclic amines) is 1. The van der Waals surface area contributed by atoms with Gasteiger partial charge < -0.3 is 4.90 Å². The maximum Gasteiger partial charge on any atom is 0.222 e. The summed E-state index contributed by atoms with van der Waals surface area (Å²) in [5.74, 6) is 2.80. The van der Waals surface area contributed by atoms with Gasteiger partial charge in [0.1, 0.15) is 5.82 Å². The lowest BCUT2D eigenvalue weighted by Gasteiger charge is -2.61. The van der Waals surface area contributed by atoms with Crippen molar-refractivity contribution in [3.8, 4) is 0 Å². The molecule has 1 amide bonds. The minimum absolute atomic E-state index is 0.241. The summed E-state index contributed by atoms with van der Waals surface area (Å²) in [6, 6.07) is 3.92. The molecule has 2 heterocycles. The van der Waals surface area contributed by atoms with Crippen molar-refractivity contribution >= 4 is 5.91 Å². The fraction of sp³-hybridized carbons (Fsp3) is 0.750. The van der Waals surface area contributed by atoms with Gasteiger partial charge in [-0.15, -0.1) is 0 Å². The number of nitrogens with zero attached hydrogens (tertiary/aromatic N) is 2. The summed E-state index contributed by atoms with van der Waals surface area (Å²) in [6.07, 6.45) is 10.5. The SMILES string of the molecule is CN1C(=O)CC[C@@]2(C)C1CC[C@@H]1[C@H]2CC[C@]2(C)C(c3ccc(F)cn3)CC[C@@H]12. The molecule has 3 saturated carbocycles. The largest absolute Gasteiger partial charge is 0.342 e. The zero-order valence-corrected chi connectivity index (χ0v) is 17.5. The summed E-state index contributed by atoms with van der Waals surface area (Å²) < 4.78 is 13.4. The van der Waals surface area contributed by atoms with Crippen LogP contribution in [0.15, 0.2) is 18.3 Å². The molecule has 3 nitrogen and oxygen atoms in total. The number of pyridine rings is 1. The van der Waals surface area contributed by atoms with E-state index in [0.717, 1.165) is 42.7 Å². The van der Waals surface area contributed by atoms with Crippen molar-refractivity contribution in [3.05, 3.63) is 29.8 Å². The highest BCUT2D eigenvalue weighted by Gasteiger charge is 2.61. The van der Waals surface area contributed by atoms with Crippen molar-refractivity contribution < 1.29 is 9.18 Å². The fourth-order valence-corrected chi connectivity index (χ4v) is 8.23. The Bertz CT molecular complexity index is 779. The van der Waals surface area contributed by atoms with Crippen LogP contribution in [-0.2, 0) is 4.79 Å². The topological polar surface area (TPSA) is 33.2 Å². The van der Waals surface area contributed by atoms with E-state index in [1.54, 1.807) is 6.07 Å². The molecule has 4 heteroatoms. The molecule has 4 fully saturated rings. The third-order valence-corrected chi connectivity index (χ3v) is 9.66. The smallest absolute Gasteiger partial charge is 0.222 e. The van der Waals surface area contributed by atoms with Gasteiger partial charge in [-0.05, 0) is 85.7 Å². The molecule has 0 N–H and O–H groups in total. The second-order valence-electron chi connectivity index (χ2n) is 10.6. The predicted molar refractivity (Wildman–Crippen MR) is 107 cm³/mol. The first-order valence-corrected chi connectivity index (χ1v) is 11.2. The highest BCUT2D eigenvalue weighted by Crippen LogP contribution is 2.67. The average Bonchev–Trinajstić information content (AvgIpc) is 3.03. The van der Waals surface area contributed by atoms with Crippen LogP contribution in [0.5, 0.6) is 0 Å². The normalized spacial score (nSPS) is 45.4. The number of hydrogen-bond acceptors (Lipinski definition) is 2. The van der Waals surface area contributed by atoms with Crippen LogP contribution >= 0.6 is 0 Å². The number of hydrogen-bond donors (Lipinski definition) is 0. The zero-order chi connectivity index (χ0) is 19.7. The Hall–Kier alpha value is -1.45.